The molecule has 0 saturated heterocycles. The summed E-state index contributed by atoms with van der Waals surface area (Å²) in [6.45, 7) is 0.911. The van der Waals surface area contributed by atoms with Gasteiger partial charge < -0.3 is 0 Å². The van der Waals surface area contributed by atoms with Gasteiger partial charge >= 0.3 is 14.5 Å². The van der Waals surface area contributed by atoms with E-state index in [2.05, 4.69) is 0 Å². The predicted octanol–water partition coefficient (Wildman–Crippen LogP) is 1.86. The smallest absolute Gasteiger partial charge is 0.300 e. The Morgan fingerprint density at radius 2 is 1.48 bits per heavy atom. The lowest BCUT2D eigenvalue weighted by Crippen LogP contribution is -2.61. The van der Waals surface area contributed by atoms with Crippen LogP contribution in [0.15, 0.2) is 0 Å². The number of carbonyl (C=O) groups is 1. The average Bonchev–Trinajstić information content (AvgIpc) is 2.34. The van der Waals surface area contributed by atoms with E-state index in [1.165, 1.54) is 0 Å². The van der Waals surface area contributed by atoms with Gasteiger partial charge in [0.05, 0.1) is 11.2 Å². The van der Waals surface area contributed by atoms with E-state index in [1.54, 1.807) is 0 Å². The monoisotopic (exact) mass is 368 g/mol. The average molecular weight is 368 g/mol. The molecular formula is C14H21FO6S2. The highest BCUT2D eigenvalue weighted by Crippen LogP contribution is 2.61. The topological polar surface area (TPSA) is 106 Å². The highest BCUT2D eigenvalue weighted by molar-refractivity contribution is 8.08. The molecule has 0 aromatic carbocycles. The van der Waals surface area contributed by atoms with Crippen molar-refractivity contribution in [3.8, 4) is 0 Å². The summed E-state index contributed by atoms with van der Waals surface area (Å²) in [5, 5.41) is 0. The van der Waals surface area contributed by atoms with Crippen molar-refractivity contribution >= 4 is 25.7 Å². The highest BCUT2D eigenvalue weighted by Gasteiger charge is 2.68. The van der Waals surface area contributed by atoms with Crippen LogP contribution < -0.4 is 0 Å². The van der Waals surface area contributed by atoms with Crippen LogP contribution in [-0.4, -0.2) is 36.3 Å². The molecule has 1 N–H and O–H groups in total. The number of alkyl halides is 1. The summed E-state index contributed by atoms with van der Waals surface area (Å²) in [6.07, 6.45) is 1.99. The SMILES string of the molecule is CC(=O)CC(F)(S(=O)(=O)O)S(=O)(=O)C12CC3CC(CC(C3)C1)C2. The number of hydrogen-bond donors (Lipinski definition) is 1. The van der Waals surface area contributed by atoms with Crippen LogP contribution >= 0.6 is 0 Å². The molecule has 4 fully saturated rings. The third-order valence-electron chi connectivity index (χ3n) is 5.80. The first kappa shape index (κ1) is 17.3. The van der Waals surface area contributed by atoms with Crippen molar-refractivity contribution in [3.05, 3.63) is 0 Å². The van der Waals surface area contributed by atoms with Crippen LogP contribution in [0.1, 0.15) is 51.9 Å². The van der Waals surface area contributed by atoms with E-state index >= 15 is 4.39 Å². The van der Waals surface area contributed by atoms with Crippen LogP contribution in [0.3, 0.4) is 0 Å². The Balaban J connectivity index is 2.11. The summed E-state index contributed by atoms with van der Waals surface area (Å²) in [5.74, 6) is -0.476. The molecular weight excluding hydrogens is 347 g/mol. The summed E-state index contributed by atoms with van der Waals surface area (Å²) >= 11 is 0. The first-order chi connectivity index (χ1) is 10.4. The molecule has 0 spiro atoms. The van der Waals surface area contributed by atoms with Gasteiger partial charge in [0, 0.05) is 0 Å². The number of Topliss-reactive ketones (excluding diaryl/α,β-unsaturated/α-hetero) is 1. The van der Waals surface area contributed by atoms with Crippen LogP contribution in [0, 0.1) is 17.8 Å². The fraction of sp³-hybridized carbons (Fsp3) is 0.929. The van der Waals surface area contributed by atoms with Crippen LogP contribution in [0.5, 0.6) is 0 Å². The molecule has 23 heavy (non-hydrogen) atoms. The zero-order valence-corrected chi connectivity index (χ0v) is 14.5. The third-order valence-corrected chi connectivity index (χ3v) is 10.6. The second-order valence-corrected chi connectivity index (χ2v) is 12.0. The van der Waals surface area contributed by atoms with Crippen LogP contribution in [0.25, 0.3) is 0 Å². The number of sulfone groups is 1. The highest BCUT2D eigenvalue weighted by atomic mass is 32.3. The van der Waals surface area contributed by atoms with Crippen molar-refractivity contribution in [2.45, 2.75) is 60.9 Å². The minimum Gasteiger partial charge on any atom is -0.300 e. The maximum absolute atomic E-state index is 15.2. The molecule has 0 radical (unpaired) electrons. The summed E-state index contributed by atoms with van der Waals surface area (Å²) < 4.78 is 68.3. The zero-order valence-electron chi connectivity index (χ0n) is 12.9. The van der Waals surface area contributed by atoms with Gasteiger partial charge in [-0.05, 0) is 63.2 Å². The Bertz CT molecular complexity index is 706. The van der Waals surface area contributed by atoms with Crippen molar-refractivity contribution < 1.29 is 30.6 Å². The lowest BCUT2D eigenvalue weighted by Gasteiger charge is -2.56. The molecule has 0 aromatic rings. The second-order valence-electron chi connectivity index (χ2n) is 7.62. The van der Waals surface area contributed by atoms with Crippen LogP contribution in [0.4, 0.5) is 4.39 Å². The minimum atomic E-state index is -5.59. The Morgan fingerprint density at radius 3 is 1.78 bits per heavy atom. The fourth-order valence-electron chi connectivity index (χ4n) is 5.31. The molecule has 132 valence electrons. The second kappa shape index (κ2) is 4.98. The molecule has 6 nitrogen and oxygen atoms in total. The van der Waals surface area contributed by atoms with Crippen LogP contribution in [-0.2, 0) is 24.7 Å². The van der Waals surface area contributed by atoms with Crippen molar-refractivity contribution in [2.24, 2.45) is 17.8 Å². The van der Waals surface area contributed by atoms with E-state index in [4.69, 9.17) is 0 Å². The van der Waals surface area contributed by atoms with E-state index in [9.17, 15) is 26.2 Å². The predicted molar refractivity (Wildman–Crippen MR) is 80.5 cm³/mol. The van der Waals surface area contributed by atoms with E-state index < -0.39 is 41.2 Å². The molecule has 4 bridgehead atoms. The van der Waals surface area contributed by atoms with E-state index in [1.807, 2.05) is 0 Å². The van der Waals surface area contributed by atoms with Gasteiger partial charge in [-0.25, -0.2) is 12.8 Å². The number of halogens is 1. The van der Waals surface area contributed by atoms with Crippen molar-refractivity contribution in [2.75, 3.05) is 0 Å². The van der Waals surface area contributed by atoms with Gasteiger partial charge in [-0.15, -0.1) is 0 Å². The Labute approximate surface area is 135 Å². The zero-order chi connectivity index (χ0) is 17.3. The van der Waals surface area contributed by atoms with Gasteiger partial charge in [0.25, 0.3) is 0 Å². The van der Waals surface area contributed by atoms with Gasteiger partial charge in [-0.2, -0.15) is 8.42 Å². The molecule has 0 aromatic heterocycles. The fourth-order valence-corrected chi connectivity index (χ4v) is 9.74. The Morgan fingerprint density at radius 1 is 1.09 bits per heavy atom. The van der Waals surface area contributed by atoms with Gasteiger partial charge in [0.1, 0.15) is 5.78 Å². The molecule has 0 amide bonds. The lowest BCUT2D eigenvalue weighted by molar-refractivity contribution is -0.117. The van der Waals surface area contributed by atoms with Gasteiger partial charge in [-0.3, -0.25) is 9.35 Å². The van der Waals surface area contributed by atoms with E-state index in [-0.39, 0.29) is 37.0 Å². The van der Waals surface area contributed by atoms with Crippen molar-refractivity contribution in [3.63, 3.8) is 0 Å². The molecule has 1 unspecified atom stereocenters. The maximum atomic E-state index is 15.2. The van der Waals surface area contributed by atoms with Gasteiger partial charge in [0.15, 0.2) is 0 Å². The summed E-state index contributed by atoms with van der Waals surface area (Å²) in [5.41, 5.74) is 0. The van der Waals surface area contributed by atoms with Gasteiger partial charge in [-0.1, -0.05) is 0 Å². The third kappa shape index (κ3) is 2.38. The number of hydrogen-bond acceptors (Lipinski definition) is 5. The summed E-state index contributed by atoms with van der Waals surface area (Å²) in [6, 6.07) is 0. The molecule has 0 heterocycles. The van der Waals surface area contributed by atoms with E-state index in [0.717, 1.165) is 26.2 Å². The molecule has 4 aliphatic rings. The normalized spacial score (nSPS) is 39.2. The van der Waals surface area contributed by atoms with Crippen LogP contribution in [0.2, 0.25) is 0 Å². The number of rotatable bonds is 5. The number of ketones is 1. The first-order valence-corrected chi connectivity index (χ1v) is 10.7. The molecule has 4 rings (SSSR count). The molecule has 1 atom stereocenters. The molecule has 4 aliphatic carbocycles. The van der Waals surface area contributed by atoms with E-state index in [0.29, 0.717) is 0 Å². The molecule has 0 aliphatic heterocycles. The lowest BCUT2D eigenvalue weighted by atomic mass is 9.56. The summed E-state index contributed by atoms with van der Waals surface area (Å²) in [4.78, 5) is 11.3. The first-order valence-electron chi connectivity index (χ1n) is 7.80. The van der Waals surface area contributed by atoms with Gasteiger partial charge in [0.2, 0.25) is 9.84 Å². The Hall–Kier alpha value is -0.540. The summed E-state index contributed by atoms with van der Waals surface area (Å²) in [7, 11) is -10.5. The quantitative estimate of drug-likeness (QED) is 0.743. The maximum Gasteiger partial charge on any atom is 0.340 e. The van der Waals surface area contributed by atoms with Crippen molar-refractivity contribution in [1.82, 2.24) is 0 Å². The standard InChI is InChI=1S/C14H21FO6S2/c1-9(16)5-14(15,23(19,20)21)22(17,18)13-6-10-2-11(7-13)4-12(3-10)8-13/h10-12H,2-8H2,1H3,(H,19,20,21). The molecule has 9 heteroatoms. The number of carbonyl (C=O) groups excluding carboxylic acids is 1. The largest absolute Gasteiger partial charge is 0.340 e. The molecule has 4 saturated carbocycles. The Kier molecular flexibility index (Phi) is 3.75. The minimum absolute atomic E-state index is 0.152. The van der Waals surface area contributed by atoms with Crippen molar-refractivity contribution in [1.29, 1.82) is 0 Å².